The fourth-order valence-corrected chi connectivity index (χ4v) is 0.878. The van der Waals surface area contributed by atoms with Gasteiger partial charge in [-0.1, -0.05) is 17.7 Å². The van der Waals surface area contributed by atoms with Crippen LogP contribution in [-0.2, 0) is 11.6 Å². The highest BCUT2D eigenvalue weighted by Gasteiger charge is 1.97. The number of rotatable bonds is 1. The van der Waals surface area contributed by atoms with E-state index in [9.17, 15) is 0 Å². The van der Waals surface area contributed by atoms with Crippen LogP contribution in [0.15, 0.2) is 29.2 Å². The Morgan fingerprint density at radius 1 is 1.22 bits per heavy atom. The minimum Gasteiger partial charge on any atom is -0.0536 e. The van der Waals surface area contributed by atoms with Crippen molar-refractivity contribution in [2.45, 2.75) is 11.8 Å². The number of aryl methyl sites for hydroxylation is 1. The molecule has 0 aliphatic carbocycles. The van der Waals surface area contributed by atoms with Gasteiger partial charge < -0.3 is 0 Å². The van der Waals surface area contributed by atoms with Crippen molar-refractivity contribution in [3.8, 4) is 0 Å². The van der Waals surface area contributed by atoms with Crippen molar-refractivity contribution < 1.29 is 0 Å². The van der Waals surface area contributed by atoms with Gasteiger partial charge in [-0.15, -0.1) is 0 Å². The summed E-state index contributed by atoms with van der Waals surface area (Å²) in [6, 6.07) is 7.92. The van der Waals surface area contributed by atoms with Gasteiger partial charge in [-0.2, -0.15) is 0 Å². The van der Waals surface area contributed by atoms with Gasteiger partial charge in [0, 0.05) is 12.1 Å². The maximum Gasteiger partial charge on any atom is 0.354 e. The van der Waals surface area contributed by atoms with Gasteiger partial charge in [0.2, 0.25) is 0 Å². The Hall–Kier alpha value is -0.760. The summed E-state index contributed by atoms with van der Waals surface area (Å²) in [5.41, 5.74) is 1.24. The number of hydrogen-bond donors (Lipinski definition) is 1. The Balaban J connectivity index is 3.01. The molecule has 0 aliphatic heterocycles. The van der Waals surface area contributed by atoms with Crippen molar-refractivity contribution in [1.29, 1.82) is 4.78 Å². The molecule has 2 heteroatoms. The van der Waals surface area contributed by atoms with E-state index in [1.54, 1.807) is 0 Å². The standard InChI is InChI=1S/C7H8NS/c1-6-2-4-7(9-8)5-3-6/h2-5,8H,1H3/q+1. The third kappa shape index (κ3) is 1.57. The Morgan fingerprint density at radius 3 is 2.22 bits per heavy atom. The third-order valence-corrected chi connectivity index (χ3v) is 1.65. The summed E-state index contributed by atoms with van der Waals surface area (Å²) in [7, 11) is 0. The highest BCUT2D eigenvalue weighted by atomic mass is 32.1. The number of nitrogens with one attached hydrogen (secondary N) is 1. The van der Waals surface area contributed by atoms with Crippen LogP contribution >= 0.6 is 0 Å². The lowest BCUT2D eigenvalue weighted by atomic mass is 10.2. The molecule has 0 saturated heterocycles. The summed E-state index contributed by atoms with van der Waals surface area (Å²) >= 11 is 1.03. The zero-order valence-corrected chi connectivity index (χ0v) is 6.03. The molecule has 0 heterocycles. The molecule has 0 bridgehead atoms. The summed E-state index contributed by atoms with van der Waals surface area (Å²) in [4.78, 5) is 1.00. The first-order valence-corrected chi connectivity index (χ1v) is 3.55. The normalized spacial score (nSPS) is 9.00. The van der Waals surface area contributed by atoms with E-state index < -0.39 is 0 Å². The fourth-order valence-electron chi connectivity index (χ4n) is 0.606. The molecule has 9 heavy (non-hydrogen) atoms. The molecule has 0 unspecified atom stereocenters. The Bertz CT molecular complexity index is 203. The molecule has 1 nitrogen and oxygen atoms in total. The van der Waals surface area contributed by atoms with Gasteiger partial charge in [0.05, 0.1) is 0 Å². The molecule has 0 aromatic heterocycles. The summed E-state index contributed by atoms with van der Waals surface area (Å²) in [6.45, 7) is 2.04. The van der Waals surface area contributed by atoms with E-state index in [2.05, 4.69) is 0 Å². The second kappa shape index (κ2) is 2.69. The Morgan fingerprint density at radius 2 is 1.78 bits per heavy atom. The Labute approximate surface area is 58.6 Å². The van der Waals surface area contributed by atoms with Crippen molar-refractivity contribution in [3.63, 3.8) is 0 Å². The molecule has 0 atom stereocenters. The van der Waals surface area contributed by atoms with Gasteiger partial charge >= 0.3 is 11.6 Å². The molecule has 0 amide bonds. The van der Waals surface area contributed by atoms with E-state index in [0.29, 0.717) is 0 Å². The van der Waals surface area contributed by atoms with E-state index >= 15 is 0 Å². The lowest BCUT2D eigenvalue weighted by molar-refractivity contribution is 1.37. The lowest BCUT2D eigenvalue weighted by Crippen LogP contribution is -1.72. The maximum atomic E-state index is 6.93. The number of benzene rings is 1. The molecule has 46 valence electrons. The molecular weight excluding hydrogens is 130 g/mol. The summed E-state index contributed by atoms with van der Waals surface area (Å²) in [5, 5.41) is 0. The van der Waals surface area contributed by atoms with Crippen LogP contribution < -0.4 is 0 Å². The first-order chi connectivity index (χ1) is 4.33. The summed E-state index contributed by atoms with van der Waals surface area (Å²) in [6.07, 6.45) is 0. The molecule has 0 spiro atoms. The largest absolute Gasteiger partial charge is 0.354 e. The van der Waals surface area contributed by atoms with Gasteiger partial charge in [-0.3, -0.25) is 0 Å². The minimum absolute atomic E-state index is 1.00. The molecule has 0 radical (unpaired) electrons. The van der Waals surface area contributed by atoms with Crippen LogP contribution in [-0.4, -0.2) is 0 Å². The molecule has 1 aromatic rings. The van der Waals surface area contributed by atoms with Gasteiger partial charge in [0.25, 0.3) is 4.90 Å². The van der Waals surface area contributed by atoms with E-state index in [-0.39, 0.29) is 0 Å². The zero-order valence-electron chi connectivity index (χ0n) is 5.22. The lowest BCUT2D eigenvalue weighted by Gasteiger charge is -1.83. The number of hydrogen-bond acceptors (Lipinski definition) is 1. The van der Waals surface area contributed by atoms with Crippen molar-refractivity contribution in [2.75, 3.05) is 0 Å². The maximum absolute atomic E-state index is 6.93. The monoisotopic (exact) mass is 138 g/mol. The smallest absolute Gasteiger partial charge is 0.0536 e. The SMILES string of the molecule is Cc1ccc([S+]=N)cc1. The molecule has 1 rings (SSSR count). The Kier molecular flexibility index (Phi) is 1.90. The minimum atomic E-state index is 1.00. The summed E-state index contributed by atoms with van der Waals surface area (Å²) in [5.74, 6) is 0. The predicted octanol–water partition coefficient (Wildman–Crippen LogP) is 2.20. The molecule has 1 N–H and O–H groups in total. The van der Waals surface area contributed by atoms with Crippen LogP contribution in [0.4, 0.5) is 0 Å². The first kappa shape index (κ1) is 6.36. The van der Waals surface area contributed by atoms with E-state index in [1.165, 1.54) is 5.56 Å². The van der Waals surface area contributed by atoms with Crippen LogP contribution in [0.2, 0.25) is 0 Å². The molecule has 0 fully saturated rings. The van der Waals surface area contributed by atoms with E-state index in [4.69, 9.17) is 4.78 Å². The van der Waals surface area contributed by atoms with E-state index in [0.717, 1.165) is 16.5 Å². The average Bonchev–Trinajstić information content (AvgIpc) is 1.90. The van der Waals surface area contributed by atoms with Crippen LogP contribution in [0, 0.1) is 11.7 Å². The topological polar surface area (TPSA) is 23.9 Å². The zero-order chi connectivity index (χ0) is 6.69. The highest BCUT2D eigenvalue weighted by molar-refractivity contribution is 7.66. The van der Waals surface area contributed by atoms with Crippen LogP contribution in [0.1, 0.15) is 5.56 Å². The van der Waals surface area contributed by atoms with Gasteiger partial charge in [0.1, 0.15) is 0 Å². The van der Waals surface area contributed by atoms with Gasteiger partial charge in [0.15, 0.2) is 0 Å². The van der Waals surface area contributed by atoms with Crippen LogP contribution in [0.5, 0.6) is 0 Å². The average molecular weight is 138 g/mol. The highest BCUT2D eigenvalue weighted by Crippen LogP contribution is 2.01. The van der Waals surface area contributed by atoms with Gasteiger partial charge in [-0.05, 0) is 11.7 Å². The molecule has 0 saturated carbocycles. The second-order valence-electron chi connectivity index (χ2n) is 1.92. The second-order valence-corrected chi connectivity index (χ2v) is 2.59. The van der Waals surface area contributed by atoms with Gasteiger partial charge in [-0.25, -0.2) is 0 Å². The van der Waals surface area contributed by atoms with E-state index in [1.807, 2.05) is 31.2 Å². The van der Waals surface area contributed by atoms with Crippen molar-refractivity contribution in [3.05, 3.63) is 29.8 Å². The van der Waals surface area contributed by atoms with Crippen molar-refractivity contribution in [2.24, 2.45) is 0 Å². The van der Waals surface area contributed by atoms with Crippen LogP contribution in [0.3, 0.4) is 0 Å². The third-order valence-electron chi connectivity index (χ3n) is 1.14. The first-order valence-electron chi connectivity index (χ1n) is 2.73. The molecular formula is C7H8NS+. The molecule has 1 aromatic carbocycles. The summed E-state index contributed by atoms with van der Waals surface area (Å²) < 4.78 is 6.93. The quantitative estimate of drug-likeness (QED) is 0.575. The predicted molar refractivity (Wildman–Crippen MR) is 39.5 cm³/mol. The van der Waals surface area contributed by atoms with Crippen molar-refractivity contribution in [1.82, 2.24) is 0 Å². The van der Waals surface area contributed by atoms with Crippen LogP contribution in [0.25, 0.3) is 0 Å². The van der Waals surface area contributed by atoms with Crippen molar-refractivity contribution >= 4 is 11.6 Å². The fraction of sp³-hybridized carbons (Fsp3) is 0.143. The molecule has 0 aliphatic rings.